The molecule has 0 spiro atoms. The summed E-state index contributed by atoms with van der Waals surface area (Å²) in [6.45, 7) is 3.87. The zero-order valence-electron chi connectivity index (χ0n) is 11.9. The molecular weight excluding hydrogens is 280 g/mol. The third-order valence-electron chi connectivity index (χ3n) is 3.06. The molecule has 0 unspecified atom stereocenters. The van der Waals surface area contributed by atoms with Crippen molar-refractivity contribution < 1.29 is 13.3 Å². The maximum atomic E-state index is 11.1. The minimum Gasteiger partial charge on any atom is -0.308 e. The lowest BCUT2D eigenvalue weighted by Crippen LogP contribution is -2.30. The molecule has 1 aromatic carbocycles. The number of hydrogen-bond donors (Lipinski definition) is 1. The molecule has 0 bridgehead atoms. The van der Waals surface area contributed by atoms with Gasteiger partial charge < -0.3 is 5.32 Å². The summed E-state index contributed by atoms with van der Waals surface area (Å²) in [4.78, 5) is 10.1. The van der Waals surface area contributed by atoms with Crippen molar-refractivity contribution in [3.05, 3.63) is 39.9 Å². The van der Waals surface area contributed by atoms with E-state index in [9.17, 15) is 18.5 Å². The maximum absolute atomic E-state index is 11.1. The normalized spacial score (nSPS) is 14.8. The number of nitro groups is 1. The van der Waals surface area contributed by atoms with E-state index >= 15 is 0 Å². The molecule has 0 aromatic heterocycles. The van der Waals surface area contributed by atoms with Crippen LogP contribution in [0.3, 0.4) is 0 Å². The number of nitrogens with zero attached hydrogens (tertiary/aromatic N) is 1. The topological polar surface area (TPSA) is 89.3 Å². The smallest absolute Gasteiger partial charge is 0.269 e. The van der Waals surface area contributed by atoms with Gasteiger partial charge in [0.25, 0.3) is 5.69 Å². The number of rotatable bonds is 7. The highest BCUT2D eigenvalue weighted by atomic mass is 32.2. The molecule has 6 nitrogen and oxygen atoms in total. The Labute approximate surface area is 119 Å². The fraction of sp³-hybridized carbons (Fsp3) is 0.538. The number of benzene rings is 1. The summed E-state index contributed by atoms with van der Waals surface area (Å²) >= 11 is 0. The van der Waals surface area contributed by atoms with Gasteiger partial charge in [0.15, 0.2) is 0 Å². The molecule has 0 saturated carbocycles. The van der Waals surface area contributed by atoms with E-state index in [1.54, 1.807) is 12.1 Å². The van der Waals surface area contributed by atoms with Crippen LogP contribution in [0.4, 0.5) is 5.69 Å². The maximum Gasteiger partial charge on any atom is 0.269 e. The molecule has 1 aromatic rings. The van der Waals surface area contributed by atoms with E-state index in [0.29, 0.717) is 6.42 Å². The Hall–Kier alpha value is -1.47. The van der Waals surface area contributed by atoms with Crippen LogP contribution in [-0.4, -0.2) is 31.4 Å². The quantitative estimate of drug-likeness (QED) is 0.615. The predicted octanol–water partition coefficient (Wildman–Crippen LogP) is 2.07. The minimum absolute atomic E-state index is 0.00497. The first kappa shape index (κ1) is 16.6. The first-order valence-electron chi connectivity index (χ1n) is 6.37. The Morgan fingerprint density at radius 1 is 1.25 bits per heavy atom. The average molecular weight is 300 g/mol. The molecule has 2 atom stereocenters. The van der Waals surface area contributed by atoms with Crippen molar-refractivity contribution in [1.29, 1.82) is 0 Å². The highest BCUT2D eigenvalue weighted by Crippen LogP contribution is 2.18. The summed E-state index contributed by atoms with van der Waals surface area (Å²) in [7, 11) is -2.95. The molecule has 0 radical (unpaired) electrons. The standard InChI is InChI=1S/C13H20N2O4S/c1-10(8-9-20(3,18)19)14-11(2)12-4-6-13(7-5-12)15(16)17/h4-7,10-11,14H,8-9H2,1-3H3/t10-,11+/m0/s1. The second-order valence-electron chi connectivity index (χ2n) is 5.06. The molecule has 0 aliphatic rings. The van der Waals surface area contributed by atoms with Crippen molar-refractivity contribution in [3.63, 3.8) is 0 Å². The van der Waals surface area contributed by atoms with Crippen LogP contribution >= 0.6 is 0 Å². The van der Waals surface area contributed by atoms with Crippen LogP contribution < -0.4 is 5.32 Å². The Balaban J connectivity index is 2.57. The second-order valence-corrected chi connectivity index (χ2v) is 7.32. The molecule has 0 amide bonds. The number of non-ortho nitro benzene ring substituents is 1. The van der Waals surface area contributed by atoms with E-state index < -0.39 is 14.8 Å². The van der Waals surface area contributed by atoms with Crippen molar-refractivity contribution in [2.45, 2.75) is 32.4 Å². The van der Waals surface area contributed by atoms with Crippen molar-refractivity contribution in [3.8, 4) is 0 Å². The van der Waals surface area contributed by atoms with E-state index in [1.807, 2.05) is 13.8 Å². The number of nitro benzene ring substituents is 1. The van der Waals surface area contributed by atoms with Gasteiger partial charge in [-0.05, 0) is 25.8 Å². The zero-order valence-corrected chi connectivity index (χ0v) is 12.7. The van der Waals surface area contributed by atoms with Crippen LogP contribution in [0, 0.1) is 10.1 Å². The highest BCUT2D eigenvalue weighted by Gasteiger charge is 2.13. The summed E-state index contributed by atoms with van der Waals surface area (Å²) in [6.07, 6.45) is 1.76. The van der Waals surface area contributed by atoms with Crippen LogP contribution in [-0.2, 0) is 9.84 Å². The highest BCUT2D eigenvalue weighted by molar-refractivity contribution is 7.90. The van der Waals surface area contributed by atoms with E-state index in [0.717, 1.165) is 5.56 Å². The molecule has 7 heteroatoms. The SMILES string of the molecule is C[C@@H](CCS(C)(=O)=O)N[C@H](C)c1ccc([N+](=O)[O-])cc1. The summed E-state index contributed by atoms with van der Waals surface area (Å²) in [5, 5.41) is 13.9. The molecule has 0 heterocycles. The van der Waals surface area contributed by atoms with Gasteiger partial charge in [0.1, 0.15) is 9.84 Å². The third-order valence-corrected chi connectivity index (χ3v) is 4.04. The summed E-state index contributed by atoms with van der Waals surface area (Å²) in [5.41, 5.74) is 0.993. The van der Waals surface area contributed by atoms with Gasteiger partial charge in [-0.3, -0.25) is 10.1 Å². The van der Waals surface area contributed by atoms with E-state index in [-0.39, 0.29) is 23.5 Å². The molecule has 0 fully saturated rings. The third kappa shape index (κ3) is 5.66. The predicted molar refractivity (Wildman–Crippen MR) is 78.4 cm³/mol. The first-order valence-corrected chi connectivity index (χ1v) is 8.43. The van der Waals surface area contributed by atoms with Gasteiger partial charge in [-0.15, -0.1) is 0 Å². The van der Waals surface area contributed by atoms with Crippen molar-refractivity contribution in [2.75, 3.05) is 12.0 Å². The number of sulfone groups is 1. The van der Waals surface area contributed by atoms with Gasteiger partial charge in [-0.25, -0.2) is 8.42 Å². The van der Waals surface area contributed by atoms with Crippen LogP contribution in [0.25, 0.3) is 0 Å². The van der Waals surface area contributed by atoms with Gasteiger partial charge >= 0.3 is 0 Å². The van der Waals surface area contributed by atoms with Crippen LogP contribution in [0.15, 0.2) is 24.3 Å². The Kier molecular flexibility index (Phi) is 5.64. The fourth-order valence-corrected chi connectivity index (χ4v) is 2.66. The monoisotopic (exact) mass is 300 g/mol. The molecule has 0 aliphatic heterocycles. The lowest BCUT2D eigenvalue weighted by atomic mass is 10.1. The largest absolute Gasteiger partial charge is 0.308 e. The van der Waals surface area contributed by atoms with Crippen LogP contribution in [0.1, 0.15) is 31.9 Å². The van der Waals surface area contributed by atoms with E-state index in [1.165, 1.54) is 18.4 Å². The van der Waals surface area contributed by atoms with Crippen LogP contribution in [0.2, 0.25) is 0 Å². The van der Waals surface area contributed by atoms with Crippen LogP contribution in [0.5, 0.6) is 0 Å². The van der Waals surface area contributed by atoms with Crippen molar-refractivity contribution >= 4 is 15.5 Å². The minimum atomic E-state index is -2.95. The average Bonchev–Trinajstić information content (AvgIpc) is 2.35. The lowest BCUT2D eigenvalue weighted by molar-refractivity contribution is -0.384. The van der Waals surface area contributed by atoms with Crippen molar-refractivity contribution in [1.82, 2.24) is 5.32 Å². The molecule has 0 saturated heterocycles. The lowest BCUT2D eigenvalue weighted by Gasteiger charge is -2.20. The van der Waals surface area contributed by atoms with Gasteiger partial charge in [-0.1, -0.05) is 12.1 Å². The molecule has 0 aliphatic carbocycles. The molecular formula is C13H20N2O4S. The summed E-state index contributed by atoms with van der Waals surface area (Å²) in [6, 6.07) is 6.40. The number of nitrogens with one attached hydrogen (secondary N) is 1. The Bertz CT molecular complexity index is 554. The molecule has 20 heavy (non-hydrogen) atoms. The second kappa shape index (κ2) is 6.81. The number of hydrogen-bond acceptors (Lipinski definition) is 5. The fourth-order valence-electron chi connectivity index (χ4n) is 1.88. The Morgan fingerprint density at radius 2 is 1.80 bits per heavy atom. The summed E-state index contributed by atoms with van der Waals surface area (Å²) < 4.78 is 22.2. The van der Waals surface area contributed by atoms with Gasteiger partial charge in [0.2, 0.25) is 0 Å². The molecule has 112 valence electrons. The van der Waals surface area contributed by atoms with Crippen molar-refractivity contribution in [2.24, 2.45) is 0 Å². The molecule has 1 N–H and O–H groups in total. The molecule has 1 rings (SSSR count). The van der Waals surface area contributed by atoms with E-state index in [4.69, 9.17) is 0 Å². The zero-order chi connectivity index (χ0) is 15.3. The van der Waals surface area contributed by atoms with Gasteiger partial charge in [0, 0.05) is 30.5 Å². The van der Waals surface area contributed by atoms with Gasteiger partial charge in [-0.2, -0.15) is 0 Å². The first-order chi connectivity index (χ1) is 9.19. The van der Waals surface area contributed by atoms with E-state index in [2.05, 4.69) is 5.32 Å². The van der Waals surface area contributed by atoms with Gasteiger partial charge in [0.05, 0.1) is 10.7 Å². The summed E-state index contributed by atoms with van der Waals surface area (Å²) in [5.74, 6) is 0.147. The Morgan fingerprint density at radius 3 is 2.25 bits per heavy atom.